The van der Waals surface area contributed by atoms with E-state index in [1.54, 1.807) is 13.3 Å². The molecule has 0 amide bonds. The van der Waals surface area contributed by atoms with Gasteiger partial charge in [0.05, 0.1) is 11.2 Å². The first-order valence-electron chi connectivity index (χ1n) is 6.17. The van der Waals surface area contributed by atoms with Crippen LogP contribution in [0.3, 0.4) is 0 Å². The molecule has 0 fully saturated rings. The zero-order valence-electron chi connectivity index (χ0n) is 11.2. The second-order valence-electron chi connectivity index (χ2n) is 4.49. The molecular formula is C14H18BrN3O. The number of ether oxygens (including phenoxy) is 1. The predicted octanol–water partition coefficient (Wildman–Crippen LogP) is 3.05. The molecule has 0 saturated heterocycles. The number of halogens is 1. The van der Waals surface area contributed by atoms with Gasteiger partial charge < -0.3 is 15.4 Å². The van der Waals surface area contributed by atoms with Crippen LogP contribution in [0.1, 0.15) is 6.42 Å². The number of benzene rings is 1. The molecule has 19 heavy (non-hydrogen) atoms. The van der Waals surface area contributed by atoms with E-state index >= 15 is 0 Å². The minimum Gasteiger partial charge on any atom is -0.398 e. The molecule has 0 aliphatic rings. The monoisotopic (exact) mass is 323 g/mol. The Hall–Kier alpha value is -1.33. The minimum atomic E-state index is 0.748. The maximum atomic E-state index is 6.02. The van der Waals surface area contributed by atoms with Crippen molar-refractivity contribution in [3.8, 4) is 0 Å². The molecule has 1 heterocycles. The fourth-order valence-electron chi connectivity index (χ4n) is 2.08. The van der Waals surface area contributed by atoms with E-state index in [2.05, 4.69) is 32.9 Å². The number of hydrogen-bond acceptors (Lipinski definition) is 4. The summed E-state index contributed by atoms with van der Waals surface area (Å²) in [5.74, 6) is 0. The summed E-state index contributed by atoms with van der Waals surface area (Å²) in [6.07, 6.45) is 2.78. The summed E-state index contributed by atoms with van der Waals surface area (Å²) in [5, 5.41) is 0.977. The lowest BCUT2D eigenvalue weighted by molar-refractivity contribution is 0.196. The molecule has 5 heteroatoms. The molecule has 102 valence electrons. The molecule has 0 atom stereocenters. The van der Waals surface area contributed by atoms with Crippen LogP contribution in [0, 0.1) is 0 Å². The van der Waals surface area contributed by atoms with Crippen LogP contribution in [0.25, 0.3) is 10.9 Å². The van der Waals surface area contributed by atoms with Gasteiger partial charge in [-0.25, -0.2) is 0 Å². The summed E-state index contributed by atoms with van der Waals surface area (Å²) in [6.45, 7) is 1.68. The summed E-state index contributed by atoms with van der Waals surface area (Å²) in [6, 6.07) is 5.95. The topological polar surface area (TPSA) is 51.4 Å². The number of nitrogen functional groups attached to an aromatic ring is 1. The lowest BCUT2D eigenvalue weighted by Crippen LogP contribution is -2.20. The maximum Gasteiger partial charge on any atom is 0.0956 e. The molecule has 0 radical (unpaired) electrons. The second kappa shape index (κ2) is 6.21. The Labute approximate surface area is 121 Å². The maximum absolute atomic E-state index is 6.02. The lowest BCUT2D eigenvalue weighted by atomic mass is 10.1. The molecule has 0 bridgehead atoms. The number of anilines is 2. The molecule has 0 aliphatic carbocycles. The van der Waals surface area contributed by atoms with Crippen LogP contribution in [0.15, 0.2) is 28.9 Å². The first kappa shape index (κ1) is 14.1. The Balaban J connectivity index is 2.35. The molecular weight excluding hydrogens is 306 g/mol. The van der Waals surface area contributed by atoms with Crippen molar-refractivity contribution in [2.24, 2.45) is 0 Å². The van der Waals surface area contributed by atoms with E-state index in [4.69, 9.17) is 10.5 Å². The van der Waals surface area contributed by atoms with Crippen molar-refractivity contribution in [1.82, 2.24) is 4.98 Å². The standard InChI is InChI=1S/C14H18BrN3O/c1-18(6-3-7-19-2)13-5-4-12(16)11-8-10(15)9-17-14(11)13/h4-5,8-9H,3,6-7,16H2,1-2H3. The SMILES string of the molecule is COCCCN(C)c1ccc(N)c2cc(Br)cnc12. The Morgan fingerprint density at radius 2 is 2.21 bits per heavy atom. The van der Waals surface area contributed by atoms with Gasteiger partial charge in [0, 0.05) is 49.1 Å². The van der Waals surface area contributed by atoms with Crippen molar-refractivity contribution in [3.05, 3.63) is 28.9 Å². The van der Waals surface area contributed by atoms with Crippen LogP contribution in [0.4, 0.5) is 11.4 Å². The molecule has 4 nitrogen and oxygen atoms in total. The van der Waals surface area contributed by atoms with Crippen LogP contribution in [-0.2, 0) is 4.74 Å². The summed E-state index contributed by atoms with van der Waals surface area (Å²) in [7, 11) is 3.78. The van der Waals surface area contributed by atoms with Crippen molar-refractivity contribution in [2.45, 2.75) is 6.42 Å². The van der Waals surface area contributed by atoms with Gasteiger partial charge in [-0.3, -0.25) is 4.98 Å². The fourth-order valence-corrected chi connectivity index (χ4v) is 2.41. The van der Waals surface area contributed by atoms with E-state index < -0.39 is 0 Å². The molecule has 0 unspecified atom stereocenters. The number of rotatable bonds is 5. The Morgan fingerprint density at radius 3 is 2.95 bits per heavy atom. The van der Waals surface area contributed by atoms with Crippen LogP contribution in [0.5, 0.6) is 0 Å². The largest absolute Gasteiger partial charge is 0.398 e. The summed E-state index contributed by atoms with van der Waals surface area (Å²) in [5.41, 5.74) is 8.79. The second-order valence-corrected chi connectivity index (χ2v) is 5.41. The van der Waals surface area contributed by atoms with Crippen molar-refractivity contribution >= 4 is 38.2 Å². The highest BCUT2D eigenvalue weighted by atomic mass is 79.9. The van der Waals surface area contributed by atoms with Crippen molar-refractivity contribution in [3.63, 3.8) is 0 Å². The molecule has 0 aliphatic heterocycles. The van der Waals surface area contributed by atoms with E-state index in [9.17, 15) is 0 Å². The van der Waals surface area contributed by atoms with Gasteiger partial charge in [0.15, 0.2) is 0 Å². The number of methoxy groups -OCH3 is 1. The van der Waals surface area contributed by atoms with Crippen LogP contribution < -0.4 is 10.6 Å². The predicted molar refractivity (Wildman–Crippen MR) is 83.6 cm³/mol. The highest BCUT2D eigenvalue weighted by Crippen LogP contribution is 2.30. The molecule has 2 N–H and O–H groups in total. The highest BCUT2D eigenvalue weighted by molar-refractivity contribution is 9.10. The normalized spacial score (nSPS) is 10.9. The average molecular weight is 324 g/mol. The Bertz CT molecular complexity index is 574. The van der Waals surface area contributed by atoms with E-state index in [1.807, 2.05) is 18.2 Å². The number of aromatic nitrogens is 1. The molecule has 1 aromatic heterocycles. The molecule has 1 aromatic carbocycles. The van der Waals surface area contributed by atoms with Crippen molar-refractivity contribution in [1.29, 1.82) is 0 Å². The van der Waals surface area contributed by atoms with Crippen molar-refractivity contribution in [2.75, 3.05) is 37.9 Å². The molecule has 2 rings (SSSR count). The first-order valence-corrected chi connectivity index (χ1v) is 6.96. The van der Waals surface area contributed by atoms with E-state index in [0.717, 1.165) is 46.3 Å². The molecule has 2 aromatic rings. The van der Waals surface area contributed by atoms with Gasteiger partial charge in [-0.15, -0.1) is 0 Å². The van der Waals surface area contributed by atoms with Gasteiger partial charge in [-0.1, -0.05) is 0 Å². The third-order valence-electron chi connectivity index (χ3n) is 3.08. The van der Waals surface area contributed by atoms with E-state index in [0.29, 0.717) is 0 Å². The minimum absolute atomic E-state index is 0.748. The third kappa shape index (κ3) is 3.16. The fraction of sp³-hybridized carbons (Fsp3) is 0.357. The van der Waals surface area contributed by atoms with Gasteiger partial charge >= 0.3 is 0 Å². The lowest BCUT2D eigenvalue weighted by Gasteiger charge is -2.21. The number of nitrogens with zero attached hydrogens (tertiary/aromatic N) is 2. The highest BCUT2D eigenvalue weighted by Gasteiger charge is 2.09. The van der Waals surface area contributed by atoms with E-state index in [1.165, 1.54) is 0 Å². The van der Waals surface area contributed by atoms with Crippen molar-refractivity contribution < 1.29 is 4.74 Å². The summed E-state index contributed by atoms with van der Waals surface area (Å²) < 4.78 is 6.02. The van der Waals surface area contributed by atoms with Gasteiger partial charge in [0.25, 0.3) is 0 Å². The van der Waals surface area contributed by atoms with Crippen LogP contribution in [0.2, 0.25) is 0 Å². The quantitative estimate of drug-likeness (QED) is 0.678. The number of nitrogens with two attached hydrogens (primary N) is 1. The van der Waals surface area contributed by atoms with E-state index in [-0.39, 0.29) is 0 Å². The number of hydrogen-bond donors (Lipinski definition) is 1. The average Bonchev–Trinajstić information content (AvgIpc) is 2.40. The number of pyridine rings is 1. The summed E-state index contributed by atoms with van der Waals surface area (Å²) >= 11 is 3.43. The zero-order chi connectivity index (χ0) is 13.8. The van der Waals surface area contributed by atoms with Gasteiger partial charge in [0.1, 0.15) is 0 Å². The Kier molecular flexibility index (Phi) is 4.61. The Morgan fingerprint density at radius 1 is 1.42 bits per heavy atom. The van der Waals surface area contributed by atoms with Crippen LogP contribution in [-0.4, -0.2) is 32.3 Å². The zero-order valence-corrected chi connectivity index (χ0v) is 12.8. The third-order valence-corrected chi connectivity index (χ3v) is 3.52. The van der Waals surface area contributed by atoms with Gasteiger partial charge in [0.2, 0.25) is 0 Å². The molecule has 0 spiro atoms. The van der Waals surface area contributed by atoms with Gasteiger partial charge in [-0.05, 0) is 40.5 Å². The van der Waals surface area contributed by atoms with Gasteiger partial charge in [-0.2, -0.15) is 0 Å². The molecule has 0 saturated carbocycles. The summed E-state index contributed by atoms with van der Waals surface area (Å²) in [4.78, 5) is 6.67. The smallest absolute Gasteiger partial charge is 0.0956 e. The first-order chi connectivity index (χ1) is 9.13. The number of fused-ring (bicyclic) bond motifs is 1. The van der Waals surface area contributed by atoms with Crippen LogP contribution >= 0.6 is 15.9 Å².